The molecule has 0 aliphatic carbocycles. The highest BCUT2D eigenvalue weighted by molar-refractivity contribution is 5.78. The van der Waals surface area contributed by atoms with Crippen molar-refractivity contribution in [2.45, 2.75) is 25.9 Å². The van der Waals surface area contributed by atoms with E-state index < -0.39 is 5.60 Å². The first-order chi connectivity index (χ1) is 11.5. The number of amides is 1. The number of rotatable bonds is 6. The van der Waals surface area contributed by atoms with E-state index in [0.29, 0.717) is 28.9 Å². The van der Waals surface area contributed by atoms with Gasteiger partial charge in [0.1, 0.15) is 17.1 Å². The molecule has 0 saturated heterocycles. The van der Waals surface area contributed by atoms with Gasteiger partial charge in [-0.15, -0.1) is 0 Å². The second-order valence-electron chi connectivity index (χ2n) is 5.70. The van der Waals surface area contributed by atoms with Crippen molar-refractivity contribution in [3.05, 3.63) is 54.0 Å². The molecule has 3 heterocycles. The molecule has 0 aliphatic heterocycles. The van der Waals surface area contributed by atoms with Crippen LogP contribution in [0.5, 0.6) is 0 Å². The molecule has 1 amide bonds. The van der Waals surface area contributed by atoms with Crippen LogP contribution in [-0.4, -0.2) is 22.5 Å². The van der Waals surface area contributed by atoms with Crippen LogP contribution in [0.1, 0.15) is 24.1 Å². The SMILES string of the molecule is Cc1oc(-c2ccco2)nc1CC(=O)NCC(C)(O)c1ccco1. The van der Waals surface area contributed by atoms with E-state index in [2.05, 4.69) is 10.3 Å². The Bertz CT molecular complexity index is 800. The van der Waals surface area contributed by atoms with Crippen LogP contribution in [0, 0.1) is 6.92 Å². The first-order valence-electron chi connectivity index (χ1n) is 7.49. The highest BCUT2D eigenvalue weighted by atomic mass is 16.4. The molecule has 126 valence electrons. The third-order valence-corrected chi connectivity index (χ3v) is 3.63. The summed E-state index contributed by atoms with van der Waals surface area (Å²) < 4.78 is 15.9. The summed E-state index contributed by atoms with van der Waals surface area (Å²) in [5, 5.41) is 13.0. The van der Waals surface area contributed by atoms with Gasteiger partial charge in [0.25, 0.3) is 5.89 Å². The summed E-state index contributed by atoms with van der Waals surface area (Å²) in [6.07, 6.45) is 3.04. The molecule has 1 atom stereocenters. The first kappa shape index (κ1) is 16.1. The molecule has 0 saturated carbocycles. The number of carbonyl (C=O) groups excluding carboxylic acids is 1. The number of nitrogens with zero attached hydrogens (tertiary/aromatic N) is 1. The van der Waals surface area contributed by atoms with Crippen LogP contribution < -0.4 is 5.32 Å². The molecule has 3 aromatic heterocycles. The Morgan fingerprint density at radius 3 is 2.71 bits per heavy atom. The second kappa shape index (κ2) is 6.37. The fourth-order valence-electron chi connectivity index (χ4n) is 2.26. The van der Waals surface area contributed by atoms with Crippen LogP contribution in [0.25, 0.3) is 11.7 Å². The molecule has 3 rings (SSSR count). The Hall–Kier alpha value is -2.80. The maximum atomic E-state index is 12.1. The van der Waals surface area contributed by atoms with Crippen molar-refractivity contribution in [2.75, 3.05) is 6.54 Å². The van der Waals surface area contributed by atoms with E-state index in [1.54, 1.807) is 38.1 Å². The lowest BCUT2D eigenvalue weighted by atomic mass is 10.0. The average molecular weight is 330 g/mol. The van der Waals surface area contributed by atoms with Crippen molar-refractivity contribution in [3.8, 4) is 11.7 Å². The molecule has 0 spiro atoms. The number of nitrogens with one attached hydrogen (secondary N) is 1. The van der Waals surface area contributed by atoms with Gasteiger partial charge in [-0.3, -0.25) is 4.79 Å². The Balaban J connectivity index is 1.61. The lowest BCUT2D eigenvalue weighted by molar-refractivity contribution is -0.121. The lowest BCUT2D eigenvalue weighted by Crippen LogP contribution is -2.39. The van der Waals surface area contributed by atoms with Gasteiger partial charge in [-0.2, -0.15) is 0 Å². The summed E-state index contributed by atoms with van der Waals surface area (Å²) in [7, 11) is 0. The van der Waals surface area contributed by atoms with Crippen molar-refractivity contribution in [2.24, 2.45) is 0 Å². The van der Waals surface area contributed by atoms with E-state index in [-0.39, 0.29) is 18.9 Å². The summed E-state index contributed by atoms with van der Waals surface area (Å²) in [4.78, 5) is 16.4. The Kier molecular flexibility index (Phi) is 4.26. The summed E-state index contributed by atoms with van der Waals surface area (Å²) in [5.74, 6) is 1.51. The van der Waals surface area contributed by atoms with E-state index in [1.165, 1.54) is 12.5 Å². The number of hydrogen-bond donors (Lipinski definition) is 2. The largest absolute Gasteiger partial charge is 0.466 e. The van der Waals surface area contributed by atoms with Crippen LogP contribution in [0.15, 0.2) is 50.0 Å². The third-order valence-electron chi connectivity index (χ3n) is 3.63. The standard InChI is InChI=1S/C17H18N2O5/c1-11-12(19-16(24-11)13-5-3-7-22-13)9-15(20)18-10-17(2,21)14-6-4-8-23-14/h3-8,21H,9-10H2,1-2H3,(H,18,20). The minimum absolute atomic E-state index is 0.0291. The molecule has 1 unspecified atom stereocenters. The van der Waals surface area contributed by atoms with E-state index in [1.807, 2.05) is 0 Å². The average Bonchev–Trinajstić information content (AvgIpc) is 3.28. The van der Waals surface area contributed by atoms with E-state index in [0.717, 1.165) is 0 Å². The van der Waals surface area contributed by atoms with Crippen LogP contribution >= 0.6 is 0 Å². The first-order valence-corrected chi connectivity index (χ1v) is 7.49. The highest BCUT2D eigenvalue weighted by Crippen LogP contribution is 2.23. The zero-order valence-corrected chi connectivity index (χ0v) is 13.4. The van der Waals surface area contributed by atoms with Crippen LogP contribution in [-0.2, 0) is 16.8 Å². The van der Waals surface area contributed by atoms with Crippen molar-refractivity contribution in [3.63, 3.8) is 0 Å². The topological polar surface area (TPSA) is 102 Å². The van der Waals surface area contributed by atoms with Gasteiger partial charge in [0.2, 0.25) is 5.91 Å². The molecular weight excluding hydrogens is 312 g/mol. The van der Waals surface area contributed by atoms with Gasteiger partial charge in [-0.1, -0.05) is 0 Å². The number of carbonyl (C=O) groups is 1. The lowest BCUT2D eigenvalue weighted by Gasteiger charge is -2.21. The molecule has 2 N–H and O–H groups in total. The number of aryl methyl sites for hydroxylation is 1. The molecular formula is C17H18N2O5. The van der Waals surface area contributed by atoms with Crippen molar-refractivity contribution >= 4 is 5.91 Å². The number of furan rings is 2. The predicted octanol–water partition coefficient (Wildman–Crippen LogP) is 2.40. The van der Waals surface area contributed by atoms with Crippen LogP contribution in [0.3, 0.4) is 0 Å². The molecule has 7 heteroatoms. The van der Waals surface area contributed by atoms with Gasteiger partial charge in [-0.25, -0.2) is 4.98 Å². The van der Waals surface area contributed by atoms with Gasteiger partial charge in [0.05, 0.1) is 31.2 Å². The van der Waals surface area contributed by atoms with Gasteiger partial charge in [0, 0.05) is 0 Å². The normalized spacial score (nSPS) is 13.6. The fraction of sp³-hybridized carbons (Fsp3) is 0.294. The van der Waals surface area contributed by atoms with Crippen LogP contribution in [0.4, 0.5) is 0 Å². The van der Waals surface area contributed by atoms with Crippen LogP contribution in [0.2, 0.25) is 0 Å². The minimum Gasteiger partial charge on any atom is -0.466 e. The molecule has 0 radical (unpaired) electrons. The Morgan fingerprint density at radius 1 is 1.29 bits per heavy atom. The summed E-state index contributed by atoms with van der Waals surface area (Å²) >= 11 is 0. The summed E-state index contributed by atoms with van der Waals surface area (Å²) in [5.41, 5.74) is -0.756. The summed E-state index contributed by atoms with van der Waals surface area (Å²) in [6.45, 7) is 3.34. The highest BCUT2D eigenvalue weighted by Gasteiger charge is 2.27. The number of aliphatic hydroxyl groups is 1. The second-order valence-corrected chi connectivity index (χ2v) is 5.70. The van der Waals surface area contributed by atoms with Gasteiger partial charge < -0.3 is 23.7 Å². The van der Waals surface area contributed by atoms with Gasteiger partial charge in [0.15, 0.2) is 5.76 Å². The van der Waals surface area contributed by atoms with E-state index >= 15 is 0 Å². The summed E-state index contributed by atoms with van der Waals surface area (Å²) in [6, 6.07) is 6.80. The van der Waals surface area contributed by atoms with Crippen molar-refractivity contribution in [1.29, 1.82) is 0 Å². The monoisotopic (exact) mass is 330 g/mol. The molecule has 7 nitrogen and oxygen atoms in total. The van der Waals surface area contributed by atoms with Gasteiger partial charge >= 0.3 is 0 Å². The van der Waals surface area contributed by atoms with Crippen molar-refractivity contribution in [1.82, 2.24) is 10.3 Å². The quantitative estimate of drug-likeness (QED) is 0.719. The number of hydrogen-bond acceptors (Lipinski definition) is 6. The smallest absolute Gasteiger partial charge is 0.263 e. The maximum Gasteiger partial charge on any atom is 0.263 e. The van der Waals surface area contributed by atoms with Crippen molar-refractivity contribution < 1.29 is 23.2 Å². The van der Waals surface area contributed by atoms with E-state index in [4.69, 9.17) is 13.3 Å². The molecule has 0 aromatic carbocycles. The van der Waals surface area contributed by atoms with Gasteiger partial charge in [-0.05, 0) is 38.1 Å². The molecule has 3 aromatic rings. The minimum atomic E-state index is -1.28. The molecule has 0 bridgehead atoms. The molecule has 24 heavy (non-hydrogen) atoms. The molecule has 0 fully saturated rings. The predicted molar refractivity (Wildman–Crippen MR) is 83.9 cm³/mol. The zero-order chi connectivity index (χ0) is 17.2. The third kappa shape index (κ3) is 3.41. The Labute approximate surface area is 138 Å². The maximum absolute atomic E-state index is 12.1. The Morgan fingerprint density at radius 2 is 2.04 bits per heavy atom. The van der Waals surface area contributed by atoms with E-state index in [9.17, 15) is 9.90 Å². The number of oxazole rings is 1. The zero-order valence-electron chi connectivity index (χ0n) is 13.4. The number of aromatic nitrogens is 1. The molecule has 0 aliphatic rings. The fourth-order valence-corrected chi connectivity index (χ4v) is 2.26.